The highest BCUT2D eigenvalue weighted by Gasteiger charge is 2.34. The molecule has 1 aromatic rings. The van der Waals surface area contributed by atoms with E-state index in [1.807, 2.05) is 13.8 Å². The first-order valence-electron chi connectivity index (χ1n) is 5.79. The molecule has 0 bridgehead atoms. The Labute approximate surface area is 105 Å². The van der Waals surface area contributed by atoms with Crippen molar-refractivity contribution in [1.29, 1.82) is 0 Å². The van der Waals surface area contributed by atoms with Gasteiger partial charge in [-0.25, -0.2) is 0 Å². The molecular formula is C13H18F3NO. The number of alkyl halides is 3. The first kappa shape index (κ1) is 14.8. The van der Waals surface area contributed by atoms with Gasteiger partial charge >= 0.3 is 6.18 Å². The molecule has 0 fully saturated rings. The Hall–Kier alpha value is -1.23. The third-order valence-corrected chi connectivity index (χ3v) is 2.45. The number of nitrogens with one attached hydrogen (secondary N) is 1. The second kappa shape index (κ2) is 6.09. The predicted octanol–water partition coefficient (Wildman–Crippen LogP) is 3.46. The van der Waals surface area contributed by atoms with Crippen molar-refractivity contribution in [3.8, 4) is 5.75 Å². The van der Waals surface area contributed by atoms with E-state index in [-0.39, 0.29) is 5.75 Å². The summed E-state index contributed by atoms with van der Waals surface area (Å²) in [5, 5.41) is 3.11. The van der Waals surface area contributed by atoms with Crippen LogP contribution in [0.3, 0.4) is 0 Å². The van der Waals surface area contributed by atoms with Crippen LogP contribution in [0.15, 0.2) is 18.2 Å². The van der Waals surface area contributed by atoms with Gasteiger partial charge in [-0.3, -0.25) is 0 Å². The Morgan fingerprint density at radius 3 is 2.44 bits per heavy atom. The summed E-state index contributed by atoms with van der Waals surface area (Å²) >= 11 is 0. The molecule has 1 N–H and O–H groups in total. The van der Waals surface area contributed by atoms with Crippen molar-refractivity contribution < 1.29 is 17.9 Å². The average molecular weight is 261 g/mol. The Morgan fingerprint density at radius 2 is 1.94 bits per heavy atom. The first-order chi connectivity index (χ1) is 8.34. The maximum atomic E-state index is 12.8. The topological polar surface area (TPSA) is 21.3 Å². The number of benzene rings is 1. The van der Waals surface area contributed by atoms with E-state index >= 15 is 0 Å². The van der Waals surface area contributed by atoms with E-state index in [0.717, 1.165) is 12.6 Å². The van der Waals surface area contributed by atoms with E-state index in [4.69, 9.17) is 4.74 Å². The number of ether oxygens (including phenoxy) is 1. The van der Waals surface area contributed by atoms with Crippen molar-refractivity contribution in [3.05, 3.63) is 29.3 Å². The monoisotopic (exact) mass is 261 g/mol. The predicted molar refractivity (Wildman–Crippen MR) is 64.5 cm³/mol. The van der Waals surface area contributed by atoms with Crippen LogP contribution in [-0.4, -0.2) is 13.7 Å². The number of halogens is 3. The van der Waals surface area contributed by atoms with Gasteiger partial charge in [0, 0.05) is 6.54 Å². The molecular weight excluding hydrogens is 243 g/mol. The number of methoxy groups -OCH3 is 1. The van der Waals surface area contributed by atoms with Gasteiger partial charge in [0.25, 0.3) is 0 Å². The normalized spacial score (nSPS) is 11.9. The van der Waals surface area contributed by atoms with E-state index < -0.39 is 11.7 Å². The minimum Gasteiger partial charge on any atom is -0.496 e. The van der Waals surface area contributed by atoms with Gasteiger partial charge in [0.1, 0.15) is 5.75 Å². The third-order valence-electron chi connectivity index (χ3n) is 2.45. The maximum absolute atomic E-state index is 12.8. The lowest BCUT2D eigenvalue weighted by Crippen LogP contribution is -2.19. The van der Waals surface area contributed by atoms with E-state index in [0.29, 0.717) is 18.0 Å². The van der Waals surface area contributed by atoms with Crippen molar-refractivity contribution in [3.63, 3.8) is 0 Å². The fourth-order valence-electron chi connectivity index (χ4n) is 1.59. The van der Waals surface area contributed by atoms with Crippen LogP contribution in [0.1, 0.15) is 25.0 Å². The maximum Gasteiger partial charge on any atom is 0.419 e. The van der Waals surface area contributed by atoms with Crippen LogP contribution in [0, 0.1) is 5.92 Å². The van der Waals surface area contributed by atoms with Crippen LogP contribution in [0.5, 0.6) is 5.75 Å². The molecule has 18 heavy (non-hydrogen) atoms. The highest BCUT2D eigenvalue weighted by molar-refractivity contribution is 5.39. The second-order valence-corrected chi connectivity index (χ2v) is 4.56. The molecule has 0 radical (unpaired) electrons. The summed E-state index contributed by atoms with van der Waals surface area (Å²) in [6.07, 6.45) is -4.39. The van der Waals surface area contributed by atoms with Crippen LogP contribution in [0.4, 0.5) is 13.2 Å². The summed E-state index contributed by atoms with van der Waals surface area (Å²) in [5.74, 6) is 0.320. The molecule has 2 nitrogen and oxygen atoms in total. The molecule has 0 aliphatic heterocycles. The molecule has 0 aliphatic carbocycles. The fourth-order valence-corrected chi connectivity index (χ4v) is 1.59. The zero-order valence-corrected chi connectivity index (χ0v) is 10.8. The van der Waals surface area contributed by atoms with Crippen molar-refractivity contribution >= 4 is 0 Å². The van der Waals surface area contributed by atoms with Crippen molar-refractivity contribution in [2.75, 3.05) is 13.7 Å². The molecule has 0 amide bonds. The van der Waals surface area contributed by atoms with Crippen LogP contribution in [-0.2, 0) is 12.7 Å². The van der Waals surface area contributed by atoms with Crippen molar-refractivity contribution in [2.24, 2.45) is 5.92 Å². The standard InChI is InChI=1S/C13H18F3NO/c1-9(2)7-17-8-10-4-5-12(18-3)11(6-10)13(14,15)16/h4-6,9,17H,7-8H2,1-3H3. The highest BCUT2D eigenvalue weighted by atomic mass is 19.4. The number of rotatable bonds is 5. The first-order valence-corrected chi connectivity index (χ1v) is 5.79. The molecule has 0 spiro atoms. The molecule has 0 unspecified atom stereocenters. The Morgan fingerprint density at radius 1 is 1.28 bits per heavy atom. The summed E-state index contributed by atoms with van der Waals surface area (Å²) in [6, 6.07) is 4.13. The summed E-state index contributed by atoms with van der Waals surface area (Å²) in [6.45, 7) is 5.28. The van der Waals surface area contributed by atoms with Crippen LogP contribution >= 0.6 is 0 Å². The van der Waals surface area contributed by atoms with Gasteiger partial charge in [-0.1, -0.05) is 19.9 Å². The zero-order chi connectivity index (χ0) is 13.8. The molecule has 102 valence electrons. The van der Waals surface area contributed by atoms with Crippen LogP contribution < -0.4 is 10.1 Å². The molecule has 1 aromatic carbocycles. The molecule has 1 rings (SSSR count). The summed E-state index contributed by atoms with van der Waals surface area (Å²) < 4.78 is 43.0. The lowest BCUT2D eigenvalue weighted by atomic mass is 10.1. The minimum atomic E-state index is -4.39. The van der Waals surface area contributed by atoms with Crippen LogP contribution in [0.25, 0.3) is 0 Å². The molecule has 0 aliphatic rings. The smallest absolute Gasteiger partial charge is 0.419 e. The second-order valence-electron chi connectivity index (χ2n) is 4.56. The molecule has 0 atom stereocenters. The minimum absolute atomic E-state index is 0.143. The Balaban J connectivity index is 2.83. The fraction of sp³-hybridized carbons (Fsp3) is 0.538. The van der Waals surface area contributed by atoms with E-state index in [9.17, 15) is 13.2 Å². The summed E-state index contributed by atoms with van der Waals surface area (Å²) in [4.78, 5) is 0. The largest absolute Gasteiger partial charge is 0.496 e. The lowest BCUT2D eigenvalue weighted by molar-refractivity contribution is -0.138. The summed E-state index contributed by atoms with van der Waals surface area (Å²) in [7, 11) is 1.24. The van der Waals surface area contributed by atoms with E-state index in [1.165, 1.54) is 13.2 Å². The average Bonchev–Trinajstić information content (AvgIpc) is 2.27. The van der Waals surface area contributed by atoms with Gasteiger partial charge in [0.05, 0.1) is 12.7 Å². The summed E-state index contributed by atoms with van der Waals surface area (Å²) in [5.41, 5.74) is -0.127. The third kappa shape index (κ3) is 4.22. The quantitative estimate of drug-likeness (QED) is 0.876. The van der Waals surface area contributed by atoms with Gasteiger partial charge in [-0.2, -0.15) is 13.2 Å². The van der Waals surface area contributed by atoms with Crippen molar-refractivity contribution in [1.82, 2.24) is 5.32 Å². The Kier molecular flexibility index (Phi) is 5.02. The highest BCUT2D eigenvalue weighted by Crippen LogP contribution is 2.36. The molecule has 5 heteroatoms. The van der Waals surface area contributed by atoms with Crippen molar-refractivity contribution in [2.45, 2.75) is 26.6 Å². The van der Waals surface area contributed by atoms with Gasteiger partial charge < -0.3 is 10.1 Å². The van der Waals surface area contributed by atoms with Gasteiger partial charge in [0.2, 0.25) is 0 Å². The molecule has 0 aromatic heterocycles. The zero-order valence-electron chi connectivity index (χ0n) is 10.8. The molecule has 0 heterocycles. The Bertz CT molecular complexity index is 388. The SMILES string of the molecule is COc1ccc(CNCC(C)C)cc1C(F)(F)F. The molecule has 0 saturated heterocycles. The van der Waals surface area contributed by atoms with Gasteiger partial charge in [-0.15, -0.1) is 0 Å². The van der Waals surface area contributed by atoms with E-state index in [1.54, 1.807) is 6.07 Å². The molecule has 0 saturated carbocycles. The van der Waals surface area contributed by atoms with E-state index in [2.05, 4.69) is 5.32 Å². The lowest BCUT2D eigenvalue weighted by Gasteiger charge is -2.14. The number of hydrogen-bond donors (Lipinski definition) is 1. The number of hydrogen-bond acceptors (Lipinski definition) is 2. The van der Waals surface area contributed by atoms with Gasteiger partial charge in [-0.05, 0) is 30.2 Å². The van der Waals surface area contributed by atoms with Gasteiger partial charge in [0.15, 0.2) is 0 Å². The van der Waals surface area contributed by atoms with Crippen LogP contribution in [0.2, 0.25) is 0 Å².